The highest BCUT2D eigenvalue weighted by Gasteiger charge is 2.12. The summed E-state index contributed by atoms with van der Waals surface area (Å²) in [6.45, 7) is 7.16. The zero-order chi connectivity index (χ0) is 14.3. The minimum Gasteiger partial charge on any atom is -0.367 e. The molecule has 4 heteroatoms. The molecule has 0 aliphatic heterocycles. The lowest BCUT2D eigenvalue weighted by Gasteiger charge is -2.28. The highest BCUT2D eigenvalue weighted by Crippen LogP contribution is 2.20. The molecule has 1 atom stereocenters. The van der Waals surface area contributed by atoms with Crippen molar-refractivity contribution in [3.63, 3.8) is 0 Å². The normalized spacial score (nSPS) is 12.2. The number of nitrogens with zero attached hydrogens (tertiary/aromatic N) is 3. The van der Waals surface area contributed by atoms with Gasteiger partial charge in [-0.3, -0.25) is 4.98 Å². The molecule has 0 amide bonds. The number of pyridine rings is 1. The van der Waals surface area contributed by atoms with Gasteiger partial charge < -0.3 is 10.2 Å². The minimum absolute atomic E-state index is 0.306. The summed E-state index contributed by atoms with van der Waals surface area (Å²) in [5.41, 5.74) is 2.15. The summed E-state index contributed by atoms with van der Waals surface area (Å²) < 4.78 is 0. The van der Waals surface area contributed by atoms with E-state index in [4.69, 9.17) is 5.26 Å². The van der Waals surface area contributed by atoms with Crippen LogP contribution >= 0.6 is 0 Å². The Morgan fingerprint density at radius 1 is 1.42 bits per heavy atom. The fraction of sp³-hybridized carbons (Fsp3) is 0.600. The largest absolute Gasteiger partial charge is 0.367 e. The molecular formula is C15H24N4. The van der Waals surface area contributed by atoms with Crippen LogP contribution in [0.3, 0.4) is 0 Å². The second kappa shape index (κ2) is 7.75. The maximum absolute atomic E-state index is 8.72. The van der Waals surface area contributed by atoms with Gasteiger partial charge in [0.15, 0.2) is 0 Å². The Balaban J connectivity index is 2.86. The summed E-state index contributed by atoms with van der Waals surface area (Å²) in [5, 5.41) is 12.0. The van der Waals surface area contributed by atoms with Crippen molar-refractivity contribution in [2.75, 3.05) is 18.5 Å². The maximum atomic E-state index is 8.72. The van der Waals surface area contributed by atoms with Crippen LogP contribution < -0.4 is 10.2 Å². The Morgan fingerprint density at radius 2 is 2.16 bits per heavy atom. The summed E-state index contributed by atoms with van der Waals surface area (Å²) in [7, 11) is 1.96. The topological polar surface area (TPSA) is 52.0 Å². The van der Waals surface area contributed by atoms with Gasteiger partial charge in [0.05, 0.1) is 30.1 Å². The second-order valence-electron chi connectivity index (χ2n) is 4.89. The van der Waals surface area contributed by atoms with Crippen LogP contribution in [0.1, 0.15) is 45.3 Å². The number of hydrogen-bond acceptors (Lipinski definition) is 4. The number of rotatable bonds is 7. The third-order valence-corrected chi connectivity index (χ3v) is 3.30. The van der Waals surface area contributed by atoms with Crippen molar-refractivity contribution in [3.05, 3.63) is 24.0 Å². The third-order valence-electron chi connectivity index (χ3n) is 3.30. The summed E-state index contributed by atoms with van der Waals surface area (Å²) in [6.07, 6.45) is 3.46. The summed E-state index contributed by atoms with van der Waals surface area (Å²) in [6, 6.07) is 7.04. The number of nitrogens with one attached hydrogen (secondary N) is 1. The van der Waals surface area contributed by atoms with Crippen LogP contribution in [-0.2, 0) is 0 Å². The molecule has 0 spiro atoms. The Kier molecular flexibility index (Phi) is 6.31. The SMILES string of the molecule is CCC(NC)c1ccc(N(CCC#N)C(C)C)cn1. The van der Waals surface area contributed by atoms with Crippen molar-refractivity contribution in [2.24, 2.45) is 0 Å². The molecule has 0 fully saturated rings. The third kappa shape index (κ3) is 4.22. The van der Waals surface area contributed by atoms with Crippen molar-refractivity contribution in [2.45, 2.75) is 45.7 Å². The van der Waals surface area contributed by atoms with Gasteiger partial charge in [-0.15, -0.1) is 0 Å². The molecule has 1 aromatic rings. The molecule has 1 N–H and O–H groups in total. The lowest BCUT2D eigenvalue weighted by molar-refractivity contribution is 0.561. The number of hydrogen-bond donors (Lipinski definition) is 1. The molecule has 1 heterocycles. The molecule has 0 aliphatic rings. The Morgan fingerprint density at radius 3 is 2.58 bits per heavy atom. The van der Waals surface area contributed by atoms with E-state index in [1.54, 1.807) is 0 Å². The standard InChI is InChI=1S/C15H24N4/c1-5-14(17-4)15-8-7-13(11-18-15)19(12(2)3)10-6-9-16/h7-8,11-12,14,17H,5-6,10H2,1-4H3. The number of anilines is 1. The van der Waals surface area contributed by atoms with Crippen LogP contribution in [-0.4, -0.2) is 24.6 Å². The summed E-state index contributed by atoms with van der Waals surface area (Å²) in [5.74, 6) is 0. The Labute approximate surface area is 116 Å². The maximum Gasteiger partial charge on any atom is 0.0640 e. The lowest BCUT2D eigenvalue weighted by Crippen LogP contribution is -2.31. The van der Waals surface area contributed by atoms with E-state index in [-0.39, 0.29) is 0 Å². The first-order valence-corrected chi connectivity index (χ1v) is 6.90. The highest BCUT2D eigenvalue weighted by molar-refractivity contribution is 5.45. The average Bonchev–Trinajstić information content (AvgIpc) is 2.42. The quantitative estimate of drug-likeness (QED) is 0.819. The fourth-order valence-electron chi connectivity index (χ4n) is 2.19. The molecule has 1 rings (SSSR count). The molecule has 19 heavy (non-hydrogen) atoms. The van der Waals surface area contributed by atoms with E-state index in [1.807, 2.05) is 13.2 Å². The van der Waals surface area contributed by atoms with E-state index in [0.29, 0.717) is 18.5 Å². The Hall–Kier alpha value is -1.60. The summed E-state index contributed by atoms with van der Waals surface area (Å²) in [4.78, 5) is 6.75. The first kappa shape index (κ1) is 15.5. The van der Waals surface area contributed by atoms with Crippen LogP contribution in [0.5, 0.6) is 0 Å². The summed E-state index contributed by atoms with van der Waals surface area (Å²) >= 11 is 0. The van der Waals surface area contributed by atoms with Crippen molar-refractivity contribution in [3.8, 4) is 6.07 Å². The van der Waals surface area contributed by atoms with E-state index < -0.39 is 0 Å². The van der Waals surface area contributed by atoms with Crippen molar-refractivity contribution in [1.82, 2.24) is 10.3 Å². The van der Waals surface area contributed by atoms with Crippen molar-refractivity contribution in [1.29, 1.82) is 5.26 Å². The first-order chi connectivity index (χ1) is 9.13. The van der Waals surface area contributed by atoms with Crippen LogP contribution in [0.15, 0.2) is 18.3 Å². The van der Waals surface area contributed by atoms with Crippen LogP contribution in [0.2, 0.25) is 0 Å². The van der Waals surface area contributed by atoms with E-state index in [0.717, 1.165) is 24.3 Å². The van der Waals surface area contributed by atoms with Gasteiger partial charge in [-0.05, 0) is 39.4 Å². The zero-order valence-corrected chi connectivity index (χ0v) is 12.3. The van der Waals surface area contributed by atoms with E-state index in [2.05, 4.69) is 54.2 Å². The molecule has 0 saturated heterocycles. The van der Waals surface area contributed by atoms with Gasteiger partial charge in [-0.2, -0.15) is 5.26 Å². The van der Waals surface area contributed by atoms with E-state index in [9.17, 15) is 0 Å². The monoisotopic (exact) mass is 260 g/mol. The number of aromatic nitrogens is 1. The van der Waals surface area contributed by atoms with Gasteiger partial charge in [0.1, 0.15) is 0 Å². The van der Waals surface area contributed by atoms with Gasteiger partial charge in [-0.25, -0.2) is 0 Å². The zero-order valence-electron chi connectivity index (χ0n) is 12.3. The number of nitriles is 1. The van der Waals surface area contributed by atoms with Crippen LogP contribution in [0, 0.1) is 11.3 Å². The molecule has 0 aromatic carbocycles. The predicted molar refractivity (Wildman–Crippen MR) is 79.0 cm³/mol. The van der Waals surface area contributed by atoms with Gasteiger partial charge in [0.25, 0.3) is 0 Å². The molecule has 0 radical (unpaired) electrons. The van der Waals surface area contributed by atoms with Gasteiger partial charge in [0.2, 0.25) is 0 Å². The van der Waals surface area contributed by atoms with Gasteiger partial charge in [0, 0.05) is 18.6 Å². The smallest absolute Gasteiger partial charge is 0.0640 e. The minimum atomic E-state index is 0.306. The Bertz CT molecular complexity index is 401. The highest BCUT2D eigenvalue weighted by atomic mass is 15.2. The van der Waals surface area contributed by atoms with Crippen molar-refractivity contribution < 1.29 is 0 Å². The molecule has 0 bridgehead atoms. The molecule has 1 aromatic heterocycles. The predicted octanol–water partition coefficient (Wildman–Crippen LogP) is 2.88. The van der Waals surface area contributed by atoms with E-state index >= 15 is 0 Å². The molecule has 1 unspecified atom stereocenters. The molecule has 4 nitrogen and oxygen atoms in total. The molecule has 0 aliphatic carbocycles. The first-order valence-electron chi connectivity index (χ1n) is 6.90. The molecule has 104 valence electrons. The lowest BCUT2D eigenvalue weighted by atomic mass is 10.1. The van der Waals surface area contributed by atoms with Gasteiger partial charge in [-0.1, -0.05) is 6.92 Å². The fourth-order valence-corrected chi connectivity index (χ4v) is 2.19. The van der Waals surface area contributed by atoms with Gasteiger partial charge >= 0.3 is 0 Å². The average molecular weight is 260 g/mol. The second-order valence-corrected chi connectivity index (χ2v) is 4.89. The van der Waals surface area contributed by atoms with Crippen molar-refractivity contribution >= 4 is 5.69 Å². The van der Waals surface area contributed by atoms with Crippen LogP contribution in [0.25, 0.3) is 0 Å². The van der Waals surface area contributed by atoms with E-state index in [1.165, 1.54) is 0 Å². The molecule has 0 saturated carbocycles. The van der Waals surface area contributed by atoms with Crippen LogP contribution in [0.4, 0.5) is 5.69 Å². The molecular weight excluding hydrogens is 236 g/mol.